The van der Waals surface area contributed by atoms with Gasteiger partial charge in [-0.1, -0.05) is 60.8 Å². The summed E-state index contributed by atoms with van der Waals surface area (Å²) in [5, 5.41) is 8.77. The third-order valence-corrected chi connectivity index (χ3v) is 5.02. The van der Waals surface area contributed by atoms with Crippen LogP contribution in [0.4, 0.5) is 5.69 Å². The van der Waals surface area contributed by atoms with Crippen LogP contribution >= 0.6 is 34.8 Å². The Bertz CT molecular complexity index is 740. The number of anilines is 1. The monoisotopic (exact) mass is 366 g/mol. The van der Waals surface area contributed by atoms with E-state index in [0.29, 0.717) is 16.0 Å². The molecule has 1 heterocycles. The maximum atomic E-state index is 6.41. The van der Waals surface area contributed by atoms with Gasteiger partial charge in [0, 0.05) is 21.7 Å². The second kappa shape index (κ2) is 6.72. The lowest BCUT2D eigenvalue weighted by Crippen LogP contribution is -2.24. The van der Waals surface area contributed by atoms with E-state index in [1.54, 1.807) is 6.07 Å². The fourth-order valence-corrected chi connectivity index (χ4v) is 3.66. The van der Waals surface area contributed by atoms with Crippen LogP contribution in [0.3, 0.4) is 0 Å². The first kappa shape index (κ1) is 16.6. The average Bonchev–Trinajstić information content (AvgIpc) is 2.85. The summed E-state index contributed by atoms with van der Waals surface area (Å²) in [6.07, 6.45) is 0.910. The lowest BCUT2D eigenvalue weighted by atomic mass is 9.90. The summed E-state index contributed by atoms with van der Waals surface area (Å²) in [6, 6.07) is 13.5. The predicted octanol–water partition coefficient (Wildman–Crippen LogP) is 6.61. The van der Waals surface area contributed by atoms with Crippen molar-refractivity contribution < 1.29 is 0 Å². The first-order valence-corrected chi connectivity index (χ1v) is 8.71. The molecule has 0 aliphatic carbocycles. The van der Waals surface area contributed by atoms with Crippen molar-refractivity contribution in [3.05, 3.63) is 63.1 Å². The number of nitrogens with zero attached hydrogens (tertiary/aromatic N) is 2. The highest BCUT2D eigenvalue weighted by Gasteiger charge is 2.36. The number of hydrogen-bond donors (Lipinski definition) is 0. The summed E-state index contributed by atoms with van der Waals surface area (Å²) >= 11 is 18.5. The molecule has 2 atom stereocenters. The van der Waals surface area contributed by atoms with E-state index in [-0.39, 0.29) is 6.04 Å². The second-order valence-corrected chi connectivity index (χ2v) is 6.95. The van der Waals surface area contributed by atoms with Crippen LogP contribution in [0.5, 0.6) is 0 Å². The van der Waals surface area contributed by atoms with Gasteiger partial charge in [-0.25, -0.2) is 0 Å². The van der Waals surface area contributed by atoms with Gasteiger partial charge in [0.25, 0.3) is 0 Å². The highest BCUT2D eigenvalue weighted by molar-refractivity contribution is 6.36. The first-order chi connectivity index (χ1) is 11.0. The van der Waals surface area contributed by atoms with Crippen molar-refractivity contribution in [1.29, 1.82) is 0 Å². The second-order valence-electron chi connectivity index (χ2n) is 5.67. The summed E-state index contributed by atoms with van der Waals surface area (Å²) < 4.78 is 0. The van der Waals surface area contributed by atoms with E-state index in [1.807, 2.05) is 29.3 Å². The minimum atomic E-state index is 0.0980. The molecule has 120 valence electrons. The van der Waals surface area contributed by atoms with Crippen LogP contribution in [0.2, 0.25) is 15.1 Å². The van der Waals surface area contributed by atoms with Gasteiger partial charge < -0.3 is 0 Å². The molecule has 1 aliphatic rings. The third kappa shape index (κ3) is 3.21. The Labute approximate surface area is 151 Å². The molecule has 0 bridgehead atoms. The molecule has 0 spiro atoms. The van der Waals surface area contributed by atoms with Gasteiger partial charge in [-0.05, 0) is 42.3 Å². The molecule has 0 saturated carbocycles. The van der Waals surface area contributed by atoms with Crippen molar-refractivity contribution >= 4 is 46.2 Å². The Kier molecular flexibility index (Phi) is 4.86. The van der Waals surface area contributed by atoms with Crippen LogP contribution in [0, 0.1) is 5.92 Å². The minimum absolute atomic E-state index is 0.0980. The van der Waals surface area contributed by atoms with Gasteiger partial charge in [0.15, 0.2) is 0 Å². The van der Waals surface area contributed by atoms with Gasteiger partial charge in [-0.2, -0.15) is 5.10 Å². The van der Waals surface area contributed by atoms with Crippen molar-refractivity contribution in [2.24, 2.45) is 11.0 Å². The highest BCUT2D eigenvalue weighted by Crippen LogP contribution is 2.42. The summed E-state index contributed by atoms with van der Waals surface area (Å²) in [7, 11) is 0. The maximum Gasteiger partial charge on any atom is 0.0854 e. The van der Waals surface area contributed by atoms with E-state index >= 15 is 0 Å². The van der Waals surface area contributed by atoms with Gasteiger partial charge in [0.1, 0.15) is 0 Å². The minimum Gasteiger partial charge on any atom is -0.256 e. The van der Waals surface area contributed by atoms with Crippen LogP contribution in [0.1, 0.15) is 31.9 Å². The molecule has 3 rings (SSSR count). The van der Waals surface area contributed by atoms with Crippen LogP contribution < -0.4 is 5.01 Å². The Balaban J connectivity index is 2.07. The summed E-state index contributed by atoms with van der Waals surface area (Å²) in [4.78, 5) is 0. The van der Waals surface area contributed by atoms with Gasteiger partial charge in [-0.15, -0.1) is 0 Å². The molecule has 0 saturated heterocycles. The SMILES string of the molecule is CCC1=NN(c2ccc(Cl)cc2Cl)[C@H](c2ccc(Cl)cc2)[C@@H]1C. The average molecular weight is 368 g/mol. The van der Waals surface area contributed by atoms with Crippen molar-refractivity contribution in [3.63, 3.8) is 0 Å². The zero-order valence-electron chi connectivity index (χ0n) is 12.9. The van der Waals surface area contributed by atoms with Crippen LogP contribution in [-0.2, 0) is 0 Å². The molecular formula is C18H17Cl3N2. The maximum absolute atomic E-state index is 6.41. The molecule has 5 heteroatoms. The first-order valence-electron chi connectivity index (χ1n) is 7.58. The molecule has 0 fully saturated rings. The summed E-state index contributed by atoms with van der Waals surface area (Å²) in [6.45, 7) is 4.33. The Morgan fingerprint density at radius 3 is 2.26 bits per heavy atom. The molecule has 2 aromatic carbocycles. The summed E-state index contributed by atoms with van der Waals surface area (Å²) in [5.41, 5.74) is 3.20. The van der Waals surface area contributed by atoms with Crippen LogP contribution in [0.25, 0.3) is 0 Å². The van der Waals surface area contributed by atoms with Gasteiger partial charge in [-0.3, -0.25) is 5.01 Å². The molecule has 2 aromatic rings. The van der Waals surface area contributed by atoms with Crippen LogP contribution in [0.15, 0.2) is 47.6 Å². The molecule has 0 radical (unpaired) electrons. The quantitative estimate of drug-likeness (QED) is 0.596. The molecule has 0 aromatic heterocycles. The van der Waals surface area contributed by atoms with Crippen LogP contribution in [-0.4, -0.2) is 5.71 Å². The van der Waals surface area contributed by atoms with Crippen molar-refractivity contribution in [2.45, 2.75) is 26.3 Å². The number of halogens is 3. The lowest BCUT2D eigenvalue weighted by Gasteiger charge is -2.27. The fourth-order valence-electron chi connectivity index (χ4n) is 3.04. The fraction of sp³-hybridized carbons (Fsp3) is 0.278. The van der Waals surface area contributed by atoms with Crippen molar-refractivity contribution in [1.82, 2.24) is 0 Å². The normalized spacial score (nSPS) is 20.7. The number of hydrazone groups is 1. The molecule has 0 amide bonds. The lowest BCUT2D eigenvalue weighted by molar-refractivity contribution is 0.586. The topological polar surface area (TPSA) is 15.6 Å². The van der Waals surface area contributed by atoms with E-state index in [1.165, 1.54) is 5.56 Å². The molecule has 2 nitrogen and oxygen atoms in total. The van der Waals surface area contributed by atoms with Gasteiger partial charge >= 0.3 is 0 Å². The Morgan fingerprint density at radius 2 is 1.65 bits per heavy atom. The largest absolute Gasteiger partial charge is 0.256 e. The zero-order valence-corrected chi connectivity index (χ0v) is 15.2. The van der Waals surface area contributed by atoms with Crippen molar-refractivity contribution in [3.8, 4) is 0 Å². The number of benzene rings is 2. The standard InChI is InChI=1S/C18H17Cl3N2/c1-3-16-11(2)18(12-4-6-13(19)7-5-12)23(22-16)17-9-8-14(20)10-15(17)21/h4-11,18H,3H2,1-2H3/t11-,18+/m1/s1. The van der Waals surface area contributed by atoms with Gasteiger partial charge in [0.05, 0.1) is 16.8 Å². The molecule has 23 heavy (non-hydrogen) atoms. The highest BCUT2D eigenvalue weighted by atomic mass is 35.5. The van der Waals surface area contributed by atoms with E-state index in [0.717, 1.165) is 22.8 Å². The van der Waals surface area contributed by atoms with E-state index < -0.39 is 0 Å². The molecule has 1 aliphatic heterocycles. The van der Waals surface area contributed by atoms with Crippen molar-refractivity contribution in [2.75, 3.05) is 5.01 Å². The van der Waals surface area contributed by atoms with E-state index in [9.17, 15) is 0 Å². The predicted molar refractivity (Wildman–Crippen MR) is 100 cm³/mol. The third-order valence-electron chi connectivity index (χ3n) is 4.23. The Hall–Kier alpha value is -1.22. The summed E-state index contributed by atoms with van der Waals surface area (Å²) in [5.74, 6) is 0.299. The number of hydrogen-bond acceptors (Lipinski definition) is 2. The Morgan fingerprint density at radius 1 is 1.00 bits per heavy atom. The molecular weight excluding hydrogens is 351 g/mol. The molecule has 0 N–H and O–H groups in total. The zero-order chi connectivity index (χ0) is 16.6. The molecule has 0 unspecified atom stereocenters. The smallest absolute Gasteiger partial charge is 0.0854 e. The van der Waals surface area contributed by atoms with E-state index in [4.69, 9.17) is 39.9 Å². The van der Waals surface area contributed by atoms with Gasteiger partial charge in [0.2, 0.25) is 0 Å². The number of rotatable bonds is 3. The van der Waals surface area contributed by atoms with E-state index in [2.05, 4.69) is 26.0 Å².